The molecule has 1 aromatic rings. The summed E-state index contributed by atoms with van der Waals surface area (Å²) in [6.07, 6.45) is 0.797. The van der Waals surface area contributed by atoms with Crippen LogP contribution in [-0.2, 0) is 9.53 Å². The van der Waals surface area contributed by atoms with Crippen LogP contribution in [0.25, 0.3) is 0 Å². The van der Waals surface area contributed by atoms with Crippen molar-refractivity contribution >= 4 is 5.97 Å². The van der Waals surface area contributed by atoms with E-state index in [0.717, 1.165) is 12.0 Å². The lowest BCUT2D eigenvalue weighted by atomic mass is 10.1. The number of hydrogen-bond acceptors (Lipinski definition) is 5. The molecule has 0 N–H and O–H groups in total. The molecule has 0 saturated heterocycles. The minimum Gasteiger partial charge on any atom is -0.493 e. The average Bonchev–Trinajstić information content (AvgIpc) is 3.25. The summed E-state index contributed by atoms with van der Waals surface area (Å²) in [6, 6.07) is 3.77. The molecule has 0 spiro atoms. The Hall–Kier alpha value is -1.91. The highest BCUT2D eigenvalue weighted by Gasteiger charge is 2.45. The Labute approximate surface area is 112 Å². The highest BCUT2D eigenvalue weighted by molar-refractivity contribution is 5.77. The maximum atomic E-state index is 11.5. The molecule has 0 amide bonds. The molecule has 1 aromatic carbocycles. The Morgan fingerprint density at radius 1 is 1.05 bits per heavy atom. The Bertz CT molecular complexity index is 458. The summed E-state index contributed by atoms with van der Waals surface area (Å²) in [4.78, 5) is 11.5. The van der Waals surface area contributed by atoms with Crippen LogP contribution < -0.4 is 14.2 Å². The Morgan fingerprint density at radius 3 is 2.05 bits per heavy atom. The normalized spacial score (nSPS) is 20.6. The zero-order chi connectivity index (χ0) is 14.0. The number of esters is 1. The van der Waals surface area contributed by atoms with Crippen LogP contribution in [-0.4, -0.2) is 34.4 Å². The molecule has 2 atom stereocenters. The fourth-order valence-corrected chi connectivity index (χ4v) is 2.29. The fraction of sp³-hybridized carbons (Fsp3) is 0.500. The third kappa shape index (κ3) is 2.45. The van der Waals surface area contributed by atoms with Crippen molar-refractivity contribution < 1.29 is 23.7 Å². The lowest BCUT2D eigenvalue weighted by Crippen LogP contribution is -2.04. The molecule has 5 nitrogen and oxygen atoms in total. The van der Waals surface area contributed by atoms with Crippen LogP contribution in [0.3, 0.4) is 0 Å². The van der Waals surface area contributed by atoms with Crippen LogP contribution in [0.15, 0.2) is 12.1 Å². The molecule has 1 aliphatic rings. The fourth-order valence-electron chi connectivity index (χ4n) is 2.29. The molecular formula is C14H18O5. The molecule has 1 aliphatic carbocycles. The van der Waals surface area contributed by atoms with Gasteiger partial charge in [-0.1, -0.05) is 0 Å². The first-order valence-electron chi connectivity index (χ1n) is 6.04. The highest BCUT2D eigenvalue weighted by Crippen LogP contribution is 2.51. The van der Waals surface area contributed by atoms with Crippen LogP contribution in [0, 0.1) is 5.92 Å². The van der Waals surface area contributed by atoms with E-state index in [0.29, 0.717) is 17.2 Å². The summed E-state index contributed by atoms with van der Waals surface area (Å²) in [5.41, 5.74) is 1.00. The van der Waals surface area contributed by atoms with Gasteiger partial charge in [0, 0.05) is 0 Å². The molecule has 0 bridgehead atoms. The molecule has 0 aromatic heterocycles. The minimum atomic E-state index is -0.168. The summed E-state index contributed by atoms with van der Waals surface area (Å²) in [7, 11) is 6.12. The second-order valence-electron chi connectivity index (χ2n) is 4.43. The lowest BCUT2D eigenvalue weighted by molar-refractivity contribution is -0.142. The monoisotopic (exact) mass is 266 g/mol. The van der Waals surface area contributed by atoms with Crippen molar-refractivity contribution in [2.24, 2.45) is 5.92 Å². The molecule has 2 rings (SSSR count). The van der Waals surface area contributed by atoms with Crippen LogP contribution >= 0.6 is 0 Å². The van der Waals surface area contributed by atoms with Gasteiger partial charge in [-0.05, 0) is 30.0 Å². The summed E-state index contributed by atoms with van der Waals surface area (Å²) >= 11 is 0. The Kier molecular flexibility index (Phi) is 3.83. The smallest absolute Gasteiger partial charge is 0.309 e. The topological polar surface area (TPSA) is 54.0 Å². The van der Waals surface area contributed by atoms with Gasteiger partial charge in [-0.3, -0.25) is 4.79 Å². The molecule has 5 heteroatoms. The number of benzene rings is 1. The zero-order valence-corrected chi connectivity index (χ0v) is 11.6. The van der Waals surface area contributed by atoms with E-state index in [-0.39, 0.29) is 17.8 Å². The molecule has 0 unspecified atom stereocenters. The molecule has 0 aliphatic heterocycles. The average molecular weight is 266 g/mol. The van der Waals surface area contributed by atoms with Crippen LogP contribution in [0.2, 0.25) is 0 Å². The van der Waals surface area contributed by atoms with Crippen molar-refractivity contribution in [2.45, 2.75) is 12.3 Å². The number of carbonyl (C=O) groups is 1. The third-order valence-electron chi connectivity index (χ3n) is 3.41. The first-order valence-corrected chi connectivity index (χ1v) is 6.04. The molecule has 1 fully saturated rings. The predicted octanol–water partition coefficient (Wildman–Crippen LogP) is 1.99. The van der Waals surface area contributed by atoms with Crippen molar-refractivity contribution in [1.29, 1.82) is 0 Å². The molecule has 1 saturated carbocycles. The van der Waals surface area contributed by atoms with E-state index in [4.69, 9.17) is 18.9 Å². The standard InChI is InChI=1S/C14H18O5/c1-16-11-5-8(6-12(17-2)13(11)18-3)9-7-10(9)14(15)19-4/h5-6,9-10H,7H2,1-4H3/t9-,10-/m0/s1. The van der Waals surface area contributed by atoms with E-state index in [1.807, 2.05) is 12.1 Å². The summed E-state index contributed by atoms with van der Waals surface area (Å²) in [6.45, 7) is 0. The second kappa shape index (κ2) is 5.38. The van der Waals surface area contributed by atoms with Gasteiger partial charge in [0.15, 0.2) is 11.5 Å². The largest absolute Gasteiger partial charge is 0.493 e. The Morgan fingerprint density at radius 2 is 1.63 bits per heavy atom. The summed E-state index contributed by atoms with van der Waals surface area (Å²) < 4.78 is 20.6. The molecule has 0 heterocycles. The first kappa shape index (κ1) is 13.5. The number of rotatable bonds is 5. The van der Waals surface area contributed by atoms with E-state index in [1.54, 1.807) is 21.3 Å². The van der Waals surface area contributed by atoms with E-state index in [2.05, 4.69) is 0 Å². The molecule has 19 heavy (non-hydrogen) atoms. The molecule has 104 valence electrons. The van der Waals surface area contributed by atoms with Gasteiger partial charge >= 0.3 is 5.97 Å². The SMILES string of the molecule is COC(=O)[C@H]1C[C@H]1c1cc(OC)c(OC)c(OC)c1. The molecular weight excluding hydrogens is 248 g/mol. The summed E-state index contributed by atoms with van der Waals surface area (Å²) in [5, 5.41) is 0. The number of carbonyl (C=O) groups excluding carboxylic acids is 1. The van der Waals surface area contributed by atoms with Crippen molar-refractivity contribution in [3.8, 4) is 17.2 Å². The van der Waals surface area contributed by atoms with Gasteiger partial charge in [0.2, 0.25) is 5.75 Å². The maximum absolute atomic E-state index is 11.5. The van der Waals surface area contributed by atoms with Gasteiger partial charge in [0.05, 0.1) is 34.4 Å². The van der Waals surface area contributed by atoms with E-state index < -0.39 is 0 Å². The van der Waals surface area contributed by atoms with Crippen molar-refractivity contribution in [3.63, 3.8) is 0 Å². The van der Waals surface area contributed by atoms with Gasteiger partial charge in [-0.25, -0.2) is 0 Å². The lowest BCUT2D eigenvalue weighted by Gasteiger charge is -2.14. The zero-order valence-electron chi connectivity index (χ0n) is 11.6. The van der Waals surface area contributed by atoms with Gasteiger partial charge in [-0.2, -0.15) is 0 Å². The first-order chi connectivity index (χ1) is 9.15. The Balaban J connectivity index is 2.31. The summed E-state index contributed by atoms with van der Waals surface area (Å²) in [5.74, 6) is 1.71. The van der Waals surface area contributed by atoms with Gasteiger partial charge in [-0.15, -0.1) is 0 Å². The van der Waals surface area contributed by atoms with E-state index >= 15 is 0 Å². The van der Waals surface area contributed by atoms with Crippen LogP contribution in [0.5, 0.6) is 17.2 Å². The van der Waals surface area contributed by atoms with Crippen molar-refractivity contribution in [1.82, 2.24) is 0 Å². The van der Waals surface area contributed by atoms with E-state index in [1.165, 1.54) is 7.11 Å². The quantitative estimate of drug-likeness (QED) is 0.763. The highest BCUT2D eigenvalue weighted by atomic mass is 16.5. The third-order valence-corrected chi connectivity index (χ3v) is 3.41. The minimum absolute atomic E-state index is 0.0622. The van der Waals surface area contributed by atoms with Gasteiger partial charge < -0.3 is 18.9 Å². The van der Waals surface area contributed by atoms with Crippen molar-refractivity contribution in [2.75, 3.05) is 28.4 Å². The van der Waals surface area contributed by atoms with Crippen LogP contribution in [0.4, 0.5) is 0 Å². The van der Waals surface area contributed by atoms with E-state index in [9.17, 15) is 4.79 Å². The van der Waals surface area contributed by atoms with Gasteiger partial charge in [0.1, 0.15) is 0 Å². The number of hydrogen-bond donors (Lipinski definition) is 0. The predicted molar refractivity (Wildman–Crippen MR) is 69.0 cm³/mol. The van der Waals surface area contributed by atoms with Gasteiger partial charge in [0.25, 0.3) is 0 Å². The van der Waals surface area contributed by atoms with Crippen LogP contribution in [0.1, 0.15) is 17.9 Å². The maximum Gasteiger partial charge on any atom is 0.309 e. The second-order valence-corrected chi connectivity index (χ2v) is 4.43. The van der Waals surface area contributed by atoms with Crippen molar-refractivity contribution in [3.05, 3.63) is 17.7 Å². The number of ether oxygens (including phenoxy) is 4. The molecule has 0 radical (unpaired) electrons. The number of methoxy groups -OCH3 is 4.